The Bertz CT molecular complexity index is 2210. The number of amides is 4. The second-order valence-corrected chi connectivity index (χ2v) is 14.1. The van der Waals surface area contributed by atoms with E-state index in [0.717, 1.165) is 63.6 Å². The van der Waals surface area contributed by atoms with E-state index in [1.165, 1.54) is 14.2 Å². The number of aromatic nitrogens is 5. The highest BCUT2D eigenvalue weighted by Crippen LogP contribution is 2.36. The summed E-state index contributed by atoms with van der Waals surface area (Å²) >= 11 is 0. The number of carboxylic acid groups (broad SMARTS) is 1. The van der Waals surface area contributed by atoms with Gasteiger partial charge in [0, 0.05) is 86.3 Å². The Morgan fingerprint density at radius 1 is 0.750 bits per heavy atom. The van der Waals surface area contributed by atoms with Crippen molar-refractivity contribution in [3.8, 4) is 22.5 Å². The van der Waals surface area contributed by atoms with E-state index in [0.29, 0.717) is 44.2 Å². The number of H-pyrrole nitrogens is 3. The average molecular weight is 770 g/mol. The van der Waals surface area contributed by atoms with Crippen molar-refractivity contribution < 1.29 is 38.5 Å². The van der Waals surface area contributed by atoms with Crippen LogP contribution >= 0.6 is 0 Å². The molecule has 56 heavy (non-hydrogen) atoms. The van der Waals surface area contributed by atoms with Crippen molar-refractivity contribution in [1.82, 2.24) is 45.4 Å². The molecule has 6 N–H and O–H groups in total. The predicted molar refractivity (Wildman–Crippen MR) is 206 cm³/mol. The third-order valence-electron chi connectivity index (χ3n) is 10.7. The van der Waals surface area contributed by atoms with Gasteiger partial charge < -0.3 is 54.7 Å². The Morgan fingerprint density at radius 2 is 1.23 bits per heavy atom. The van der Waals surface area contributed by atoms with Crippen molar-refractivity contribution in [3.63, 3.8) is 0 Å². The number of rotatable bonds is 14. The minimum atomic E-state index is -1.25. The summed E-state index contributed by atoms with van der Waals surface area (Å²) in [5, 5.41) is 16.4. The van der Waals surface area contributed by atoms with Gasteiger partial charge >= 0.3 is 12.2 Å². The van der Waals surface area contributed by atoms with E-state index in [-0.39, 0.29) is 36.9 Å². The minimum absolute atomic E-state index is 0.203. The molecule has 296 valence electrons. The summed E-state index contributed by atoms with van der Waals surface area (Å²) < 4.78 is 15.0. The van der Waals surface area contributed by atoms with Crippen molar-refractivity contribution >= 4 is 45.8 Å². The van der Waals surface area contributed by atoms with Gasteiger partial charge in [0.15, 0.2) is 0 Å². The zero-order valence-electron chi connectivity index (χ0n) is 31.6. The van der Waals surface area contributed by atoms with E-state index in [1.807, 2.05) is 12.1 Å². The van der Waals surface area contributed by atoms with Gasteiger partial charge in [-0.2, -0.15) is 0 Å². The molecule has 0 aliphatic carbocycles. The van der Waals surface area contributed by atoms with Crippen LogP contribution in [0.15, 0.2) is 48.8 Å². The molecule has 2 aliphatic rings. The SMILES string of the molecule is COCC[C@H](NC(=O)O)C(=O)N1CCC[C@H]1c1ncc(-c2ccc3c(c2)[nH]c2cc(-c4cnc([C@@H]5CCCN5C(=O)[C@H](CCOC)NC(=O)OC)[nH]4)ccc23)[nH]1. The van der Waals surface area contributed by atoms with Crippen LogP contribution in [0.1, 0.15) is 62.3 Å². The lowest BCUT2D eigenvalue weighted by atomic mass is 10.1. The molecule has 0 saturated carbocycles. The zero-order valence-corrected chi connectivity index (χ0v) is 31.6. The van der Waals surface area contributed by atoms with E-state index in [2.05, 4.69) is 54.8 Å². The number of aromatic amines is 3. The van der Waals surface area contributed by atoms with Crippen LogP contribution in [0.5, 0.6) is 0 Å². The maximum atomic E-state index is 13.6. The summed E-state index contributed by atoms with van der Waals surface area (Å²) in [7, 11) is 4.33. The third kappa shape index (κ3) is 7.90. The molecule has 0 radical (unpaired) electrons. The second-order valence-electron chi connectivity index (χ2n) is 14.1. The molecule has 0 spiro atoms. The van der Waals surface area contributed by atoms with Gasteiger partial charge in [0.2, 0.25) is 11.8 Å². The zero-order chi connectivity index (χ0) is 39.3. The quantitative estimate of drug-likeness (QED) is 0.0901. The summed E-state index contributed by atoms with van der Waals surface area (Å²) in [6.45, 7) is 1.62. The first-order valence-corrected chi connectivity index (χ1v) is 18.8. The monoisotopic (exact) mass is 769 g/mol. The molecule has 4 amide bonds. The number of fused-ring (bicyclic) bond motifs is 3. The number of imidazole rings is 2. The highest BCUT2D eigenvalue weighted by atomic mass is 16.5. The van der Waals surface area contributed by atoms with E-state index in [4.69, 9.17) is 19.2 Å². The average Bonchev–Trinajstić information content (AvgIpc) is 4.05. The van der Waals surface area contributed by atoms with Crippen LogP contribution in [0.2, 0.25) is 0 Å². The number of alkyl carbamates (subject to hydrolysis) is 1. The van der Waals surface area contributed by atoms with Crippen LogP contribution in [-0.2, 0) is 23.8 Å². The lowest BCUT2D eigenvalue weighted by Gasteiger charge is -2.28. The largest absolute Gasteiger partial charge is 0.465 e. The van der Waals surface area contributed by atoms with Crippen LogP contribution in [0.25, 0.3) is 44.3 Å². The first kappa shape index (κ1) is 38.3. The molecular formula is C39H47N9O8. The molecule has 2 saturated heterocycles. The van der Waals surface area contributed by atoms with Crippen molar-refractivity contribution in [2.45, 2.75) is 62.7 Å². The number of hydrogen-bond acceptors (Lipinski definition) is 9. The molecule has 2 aliphatic heterocycles. The van der Waals surface area contributed by atoms with Crippen LogP contribution in [0.4, 0.5) is 9.59 Å². The Balaban J connectivity index is 1.08. The fourth-order valence-corrected chi connectivity index (χ4v) is 7.92. The van der Waals surface area contributed by atoms with E-state index in [1.54, 1.807) is 29.3 Å². The molecule has 5 aromatic rings. The molecule has 4 atom stereocenters. The normalized spacial score (nSPS) is 18.1. The first-order chi connectivity index (χ1) is 27.2. The standard InChI is InChI=1S/C39H47N9O8/c1-54-16-12-26(45-38(51)52)36(49)47-14-4-6-32(47)34-40-20-30(43-34)22-8-10-24-25-11-9-23(19-29(25)42-28(24)18-22)31-21-41-35(44-31)33-7-5-15-48(33)37(50)27(13-17-55-2)46-39(53)56-3/h8-11,18-21,26-27,32-33,42,45H,4-7,12-17H2,1-3H3,(H,40,43)(H,41,44)(H,46,53)(H,51,52)/t26-,27-,32-,33-/m0/s1. The molecule has 2 aromatic carbocycles. The second kappa shape index (κ2) is 16.8. The van der Waals surface area contributed by atoms with Crippen molar-refractivity contribution in [2.75, 3.05) is 47.6 Å². The molecule has 7 rings (SSSR count). The summed E-state index contributed by atoms with van der Waals surface area (Å²) in [5.74, 6) is 0.845. The van der Waals surface area contributed by atoms with Gasteiger partial charge in [-0.25, -0.2) is 19.6 Å². The van der Waals surface area contributed by atoms with Crippen LogP contribution in [0.3, 0.4) is 0 Å². The van der Waals surface area contributed by atoms with E-state index >= 15 is 0 Å². The number of nitrogens with zero attached hydrogens (tertiary/aromatic N) is 4. The fourth-order valence-electron chi connectivity index (χ4n) is 7.92. The number of hydrogen-bond donors (Lipinski definition) is 6. The van der Waals surface area contributed by atoms with Gasteiger partial charge in [0.25, 0.3) is 0 Å². The maximum Gasteiger partial charge on any atom is 0.407 e. The Kier molecular flexibility index (Phi) is 11.5. The number of nitrogens with one attached hydrogen (secondary N) is 5. The number of carbonyl (C=O) groups excluding carboxylic acids is 3. The molecule has 3 aromatic heterocycles. The third-order valence-corrected chi connectivity index (χ3v) is 10.7. The van der Waals surface area contributed by atoms with Gasteiger partial charge in [0.05, 0.1) is 43.0 Å². The van der Waals surface area contributed by atoms with Crippen LogP contribution in [0, 0.1) is 0 Å². The Labute approximate surface area is 322 Å². The molecule has 5 heterocycles. The van der Waals surface area contributed by atoms with Crippen LogP contribution < -0.4 is 10.6 Å². The number of benzene rings is 2. The topological polar surface area (TPSA) is 220 Å². The maximum absolute atomic E-state index is 13.6. The Hall–Kier alpha value is -5.94. The molecule has 17 heteroatoms. The van der Waals surface area contributed by atoms with Crippen LogP contribution in [-0.4, -0.2) is 124 Å². The van der Waals surface area contributed by atoms with Gasteiger partial charge in [-0.3, -0.25) is 9.59 Å². The van der Waals surface area contributed by atoms with Gasteiger partial charge in [-0.15, -0.1) is 0 Å². The fraction of sp³-hybridized carbons (Fsp3) is 0.436. The van der Waals surface area contributed by atoms with Crippen molar-refractivity contribution in [2.24, 2.45) is 0 Å². The Morgan fingerprint density at radius 3 is 1.68 bits per heavy atom. The number of carbonyl (C=O) groups is 4. The highest BCUT2D eigenvalue weighted by Gasteiger charge is 2.37. The molecule has 17 nitrogen and oxygen atoms in total. The van der Waals surface area contributed by atoms with E-state index in [9.17, 15) is 24.3 Å². The molecule has 0 bridgehead atoms. The van der Waals surface area contributed by atoms with Crippen molar-refractivity contribution in [1.29, 1.82) is 0 Å². The first-order valence-electron chi connectivity index (χ1n) is 18.8. The number of methoxy groups -OCH3 is 3. The van der Waals surface area contributed by atoms with Crippen molar-refractivity contribution in [3.05, 3.63) is 60.4 Å². The summed E-state index contributed by atoms with van der Waals surface area (Å²) in [6, 6.07) is 10.1. The smallest absolute Gasteiger partial charge is 0.407 e. The van der Waals surface area contributed by atoms with E-state index < -0.39 is 24.3 Å². The lowest BCUT2D eigenvalue weighted by molar-refractivity contribution is -0.135. The molecule has 0 unspecified atom stereocenters. The number of likely N-dealkylation sites (tertiary alicyclic amines) is 2. The summed E-state index contributed by atoms with van der Waals surface area (Å²) in [4.78, 5) is 73.7. The van der Waals surface area contributed by atoms with Gasteiger partial charge in [-0.1, -0.05) is 24.3 Å². The predicted octanol–water partition coefficient (Wildman–Crippen LogP) is 4.86. The molecule has 2 fully saturated rings. The highest BCUT2D eigenvalue weighted by molar-refractivity contribution is 6.09. The molecular weight excluding hydrogens is 722 g/mol. The lowest BCUT2D eigenvalue weighted by Crippen LogP contribution is -2.49. The van der Waals surface area contributed by atoms with Gasteiger partial charge in [0.1, 0.15) is 23.7 Å². The number of ether oxygens (including phenoxy) is 3. The minimum Gasteiger partial charge on any atom is -0.465 e. The summed E-state index contributed by atoms with van der Waals surface area (Å²) in [6.07, 6.45) is 5.23. The van der Waals surface area contributed by atoms with Gasteiger partial charge in [-0.05, 0) is 37.8 Å². The summed E-state index contributed by atoms with van der Waals surface area (Å²) in [5.41, 5.74) is 5.36.